The molecule has 7 heteroatoms. The average molecular weight is 430 g/mol. The molecule has 1 atom stereocenters. The molecule has 5 rings (SSSR count). The fourth-order valence-electron chi connectivity index (χ4n) is 3.97. The van der Waals surface area contributed by atoms with Crippen molar-refractivity contribution in [3.05, 3.63) is 47.5 Å². The van der Waals surface area contributed by atoms with Crippen LogP contribution in [-0.2, 0) is 0 Å². The number of hydrogen-bond donors (Lipinski definition) is 1. The van der Waals surface area contributed by atoms with Gasteiger partial charge in [0.05, 0.1) is 15.2 Å². The minimum absolute atomic E-state index is 0.00904. The van der Waals surface area contributed by atoms with Crippen LogP contribution < -0.4 is 19.7 Å². The lowest BCUT2D eigenvalue weighted by Gasteiger charge is -2.32. The molecule has 5 nitrogen and oxygen atoms in total. The maximum absolute atomic E-state index is 6.22. The molecule has 0 bridgehead atoms. The van der Waals surface area contributed by atoms with Crippen LogP contribution in [0.3, 0.4) is 0 Å². The smallest absolute Gasteiger partial charge is 0.186 e. The molecule has 2 aliphatic heterocycles. The van der Waals surface area contributed by atoms with Gasteiger partial charge in [0.15, 0.2) is 16.6 Å². The van der Waals surface area contributed by atoms with Gasteiger partial charge in [-0.05, 0) is 49.6 Å². The van der Waals surface area contributed by atoms with E-state index in [1.807, 2.05) is 18.2 Å². The van der Waals surface area contributed by atoms with Gasteiger partial charge in [-0.1, -0.05) is 41.1 Å². The third-order valence-electron chi connectivity index (χ3n) is 5.61. The second-order valence-corrected chi connectivity index (χ2v) is 9.09. The summed E-state index contributed by atoms with van der Waals surface area (Å²) in [5.41, 5.74) is 1.10. The standard InChI is InChI=1S/C22H24ClN3O2S/c23-17-4-3-6-19-21(17)28-16(14-27-19)13-24-12-15-8-10-26(11-9-15)22-25-18-5-1-2-7-20(18)29-22/h1-7,15-16,24H,8-14H2. The zero-order valence-electron chi connectivity index (χ0n) is 16.1. The van der Waals surface area contributed by atoms with E-state index in [4.69, 9.17) is 26.1 Å². The van der Waals surface area contributed by atoms with Gasteiger partial charge in [-0.15, -0.1) is 0 Å². The number of hydrogen-bond acceptors (Lipinski definition) is 6. The Labute approximate surface area is 179 Å². The molecule has 0 amide bonds. The van der Waals surface area contributed by atoms with Crippen LogP contribution in [0.1, 0.15) is 12.8 Å². The highest BCUT2D eigenvalue weighted by atomic mass is 35.5. The van der Waals surface area contributed by atoms with Gasteiger partial charge < -0.3 is 19.7 Å². The van der Waals surface area contributed by atoms with Crippen molar-refractivity contribution in [3.63, 3.8) is 0 Å². The zero-order chi connectivity index (χ0) is 19.6. The molecule has 0 radical (unpaired) electrons. The maximum atomic E-state index is 6.22. The van der Waals surface area contributed by atoms with E-state index in [0.717, 1.165) is 42.6 Å². The molecule has 2 aromatic carbocycles. The molecule has 2 aliphatic rings. The van der Waals surface area contributed by atoms with Crippen LogP contribution in [0.15, 0.2) is 42.5 Å². The first-order chi connectivity index (χ1) is 14.3. The molecule has 1 N–H and O–H groups in total. The Bertz CT molecular complexity index is 954. The lowest BCUT2D eigenvalue weighted by Crippen LogP contribution is -2.42. The monoisotopic (exact) mass is 429 g/mol. The van der Waals surface area contributed by atoms with Crippen molar-refractivity contribution in [2.75, 3.05) is 37.7 Å². The summed E-state index contributed by atoms with van der Waals surface area (Å²) in [5.74, 6) is 2.08. The Hall–Kier alpha value is -2.02. The van der Waals surface area contributed by atoms with E-state index < -0.39 is 0 Å². The van der Waals surface area contributed by atoms with Crippen molar-refractivity contribution in [2.24, 2.45) is 5.92 Å². The largest absolute Gasteiger partial charge is 0.486 e. The van der Waals surface area contributed by atoms with Crippen LogP contribution >= 0.6 is 22.9 Å². The minimum Gasteiger partial charge on any atom is -0.486 e. The topological polar surface area (TPSA) is 46.6 Å². The molecular weight excluding hydrogens is 406 g/mol. The van der Waals surface area contributed by atoms with Crippen molar-refractivity contribution in [1.29, 1.82) is 0 Å². The molecule has 1 aromatic heterocycles. The Morgan fingerprint density at radius 3 is 2.83 bits per heavy atom. The summed E-state index contributed by atoms with van der Waals surface area (Å²) in [4.78, 5) is 7.23. The van der Waals surface area contributed by atoms with Gasteiger partial charge in [-0.25, -0.2) is 4.98 Å². The van der Waals surface area contributed by atoms with Crippen molar-refractivity contribution in [3.8, 4) is 11.5 Å². The highest BCUT2D eigenvalue weighted by Crippen LogP contribution is 2.38. The molecule has 1 saturated heterocycles. The van der Waals surface area contributed by atoms with E-state index in [-0.39, 0.29) is 6.10 Å². The summed E-state index contributed by atoms with van der Waals surface area (Å²) in [6, 6.07) is 14.0. The van der Waals surface area contributed by atoms with E-state index in [9.17, 15) is 0 Å². The first kappa shape index (κ1) is 19.0. The van der Waals surface area contributed by atoms with E-state index in [1.54, 1.807) is 11.3 Å². The van der Waals surface area contributed by atoms with E-state index >= 15 is 0 Å². The van der Waals surface area contributed by atoms with Crippen LogP contribution in [0.25, 0.3) is 10.2 Å². The highest BCUT2D eigenvalue weighted by Gasteiger charge is 2.24. The molecule has 0 aliphatic carbocycles. The van der Waals surface area contributed by atoms with Crippen LogP contribution in [0.5, 0.6) is 11.5 Å². The normalized spacial score (nSPS) is 19.6. The summed E-state index contributed by atoms with van der Waals surface area (Å²) < 4.78 is 13.1. The molecule has 0 spiro atoms. The summed E-state index contributed by atoms with van der Waals surface area (Å²) in [6.45, 7) is 4.46. The number of nitrogens with one attached hydrogen (secondary N) is 1. The maximum Gasteiger partial charge on any atom is 0.186 e. The molecule has 29 heavy (non-hydrogen) atoms. The predicted molar refractivity (Wildman–Crippen MR) is 119 cm³/mol. The molecule has 3 heterocycles. The number of rotatable bonds is 5. The summed E-state index contributed by atoms with van der Waals surface area (Å²) in [6.07, 6.45) is 2.35. The quantitative estimate of drug-likeness (QED) is 0.642. The number of fused-ring (bicyclic) bond motifs is 2. The van der Waals surface area contributed by atoms with Gasteiger partial charge in [0.2, 0.25) is 0 Å². The van der Waals surface area contributed by atoms with Crippen molar-refractivity contribution >= 4 is 38.3 Å². The number of halogens is 1. The molecule has 1 unspecified atom stereocenters. The molecule has 152 valence electrons. The Morgan fingerprint density at radius 1 is 1.10 bits per heavy atom. The number of aromatic nitrogens is 1. The number of piperidine rings is 1. The second kappa shape index (κ2) is 8.38. The van der Waals surface area contributed by atoms with Crippen LogP contribution in [0.4, 0.5) is 5.13 Å². The molecule has 0 saturated carbocycles. The number of benzene rings is 2. The van der Waals surface area contributed by atoms with E-state index in [2.05, 4.69) is 34.5 Å². The number of para-hydroxylation sites is 2. The molecule has 3 aromatic rings. The minimum atomic E-state index is -0.00904. The van der Waals surface area contributed by atoms with E-state index in [1.165, 1.54) is 17.5 Å². The van der Waals surface area contributed by atoms with Crippen LogP contribution in [0.2, 0.25) is 5.02 Å². The SMILES string of the molecule is Clc1cccc2c1OC(CNCC1CCN(c3nc4ccccc4s3)CC1)CO2. The Balaban J connectivity index is 1.08. The molecular formula is C22H24ClN3O2S. The molecule has 1 fully saturated rings. The first-order valence-corrected chi connectivity index (χ1v) is 11.3. The summed E-state index contributed by atoms with van der Waals surface area (Å²) in [5, 5.41) is 5.33. The highest BCUT2D eigenvalue weighted by molar-refractivity contribution is 7.22. The lowest BCUT2D eigenvalue weighted by molar-refractivity contribution is 0.0895. The number of anilines is 1. The van der Waals surface area contributed by atoms with E-state index in [0.29, 0.717) is 23.3 Å². The second-order valence-electron chi connectivity index (χ2n) is 7.67. The Kier molecular flexibility index (Phi) is 5.48. The predicted octanol–water partition coefficient (Wildman–Crippen LogP) is 4.60. The van der Waals surface area contributed by atoms with Gasteiger partial charge >= 0.3 is 0 Å². The van der Waals surface area contributed by atoms with Gasteiger partial charge in [-0.3, -0.25) is 0 Å². The van der Waals surface area contributed by atoms with Gasteiger partial charge in [0.25, 0.3) is 0 Å². The van der Waals surface area contributed by atoms with Crippen LogP contribution in [-0.4, -0.2) is 43.9 Å². The average Bonchev–Trinajstić information content (AvgIpc) is 3.19. The van der Waals surface area contributed by atoms with Gasteiger partial charge in [0, 0.05) is 19.6 Å². The fourth-order valence-corrected chi connectivity index (χ4v) is 5.20. The summed E-state index contributed by atoms with van der Waals surface area (Å²) >= 11 is 8.01. The third kappa shape index (κ3) is 4.15. The van der Waals surface area contributed by atoms with Crippen molar-refractivity contribution in [1.82, 2.24) is 10.3 Å². The van der Waals surface area contributed by atoms with Gasteiger partial charge in [-0.2, -0.15) is 0 Å². The third-order valence-corrected chi connectivity index (χ3v) is 7.01. The fraction of sp³-hybridized carbons (Fsp3) is 0.409. The summed E-state index contributed by atoms with van der Waals surface area (Å²) in [7, 11) is 0. The van der Waals surface area contributed by atoms with Gasteiger partial charge in [0.1, 0.15) is 12.7 Å². The van der Waals surface area contributed by atoms with Crippen molar-refractivity contribution < 1.29 is 9.47 Å². The zero-order valence-corrected chi connectivity index (χ0v) is 17.7. The van der Waals surface area contributed by atoms with Crippen molar-refractivity contribution in [2.45, 2.75) is 18.9 Å². The number of nitrogens with zero attached hydrogens (tertiary/aromatic N) is 2. The number of thiazole rings is 1. The first-order valence-electron chi connectivity index (χ1n) is 10.2. The number of ether oxygens (including phenoxy) is 2. The van der Waals surface area contributed by atoms with Crippen LogP contribution in [0, 0.1) is 5.92 Å². The Morgan fingerprint density at radius 2 is 1.97 bits per heavy atom. The lowest BCUT2D eigenvalue weighted by atomic mass is 9.97.